The molecule has 114 valence electrons. The van der Waals surface area contributed by atoms with Crippen molar-refractivity contribution in [2.45, 2.75) is 62.5 Å². The van der Waals surface area contributed by atoms with Crippen LogP contribution in [0.5, 0.6) is 0 Å². The minimum Gasteiger partial charge on any atom is -0.481 e. The highest BCUT2D eigenvalue weighted by atomic mass is 16.4. The molecule has 2 rings (SSSR count). The van der Waals surface area contributed by atoms with Crippen molar-refractivity contribution < 1.29 is 19.8 Å². The number of nitrogens with zero attached hydrogens (tertiary/aromatic N) is 1. The van der Waals surface area contributed by atoms with E-state index in [2.05, 4.69) is 5.32 Å². The molecule has 0 radical (unpaired) electrons. The van der Waals surface area contributed by atoms with Gasteiger partial charge in [0.2, 0.25) is 0 Å². The molecule has 0 aromatic carbocycles. The fourth-order valence-electron chi connectivity index (χ4n) is 3.27. The molecule has 2 aliphatic carbocycles. The smallest absolute Gasteiger partial charge is 0.317 e. The molecule has 3 N–H and O–H groups in total. The highest BCUT2D eigenvalue weighted by Crippen LogP contribution is 2.35. The van der Waals surface area contributed by atoms with Gasteiger partial charge in [-0.05, 0) is 32.1 Å². The maximum absolute atomic E-state index is 12.2. The van der Waals surface area contributed by atoms with E-state index in [0.717, 1.165) is 32.1 Å². The molecular formula is C14H24N2O4. The van der Waals surface area contributed by atoms with Gasteiger partial charge in [0.1, 0.15) is 0 Å². The molecule has 0 heterocycles. The Balaban J connectivity index is 1.88. The van der Waals surface area contributed by atoms with Crippen LogP contribution in [0.3, 0.4) is 0 Å². The van der Waals surface area contributed by atoms with Crippen LogP contribution in [0.2, 0.25) is 0 Å². The second-order valence-electron chi connectivity index (χ2n) is 6.42. The van der Waals surface area contributed by atoms with E-state index in [0.29, 0.717) is 19.4 Å². The number of hydrogen-bond acceptors (Lipinski definition) is 3. The second-order valence-corrected chi connectivity index (χ2v) is 6.42. The lowest BCUT2D eigenvalue weighted by Gasteiger charge is -2.42. The minimum atomic E-state index is -0.887. The zero-order valence-electron chi connectivity index (χ0n) is 12.0. The third kappa shape index (κ3) is 3.42. The van der Waals surface area contributed by atoms with Crippen LogP contribution < -0.4 is 5.32 Å². The molecule has 2 saturated carbocycles. The van der Waals surface area contributed by atoms with Gasteiger partial charge >= 0.3 is 12.0 Å². The Hall–Kier alpha value is -1.30. The Labute approximate surface area is 119 Å². The monoisotopic (exact) mass is 284 g/mol. The van der Waals surface area contributed by atoms with Gasteiger partial charge in [0, 0.05) is 7.05 Å². The van der Waals surface area contributed by atoms with E-state index in [-0.39, 0.29) is 12.5 Å². The van der Waals surface area contributed by atoms with E-state index in [1.165, 1.54) is 4.90 Å². The zero-order valence-corrected chi connectivity index (χ0v) is 12.0. The first-order valence-electron chi connectivity index (χ1n) is 7.32. The van der Waals surface area contributed by atoms with Gasteiger partial charge in [-0.3, -0.25) is 4.79 Å². The Bertz CT molecular complexity index is 387. The molecule has 2 fully saturated rings. The third-order valence-corrected chi connectivity index (χ3v) is 4.58. The van der Waals surface area contributed by atoms with E-state index >= 15 is 0 Å². The highest BCUT2D eigenvalue weighted by Gasteiger charge is 2.41. The largest absolute Gasteiger partial charge is 0.481 e. The minimum absolute atomic E-state index is 0.0309. The van der Waals surface area contributed by atoms with Crippen LogP contribution in [0.1, 0.15) is 51.4 Å². The van der Waals surface area contributed by atoms with Crippen LogP contribution in [0.25, 0.3) is 0 Å². The number of rotatable bonds is 5. The van der Waals surface area contributed by atoms with E-state index in [9.17, 15) is 14.7 Å². The summed E-state index contributed by atoms with van der Waals surface area (Å²) < 4.78 is 0. The maximum Gasteiger partial charge on any atom is 0.317 e. The highest BCUT2D eigenvalue weighted by molar-refractivity contribution is 5.77. The van der Waals surface area contributed by atoms with Crippen LogP contribution in [0.4, 0.5) is 4.79 Å². The van der Waals surface area contributed by atoms with Crippen molar-refractivity contribution in [3.63, 3.8) is 0 Å². The lowest BCUT2D eigenvalue weighted by atomic mass is 9.74. The summed E-state index contributed by atoms with van der Waals surface area (Å²) in [7, 11) is 1.65. The summed E-state index contributed by atoms with van der Waals surface area (Å²) in [5.74, 6) is -0.887. The molecule has 0 atom stereocenters. The maximum atomic E-state index is 12.2. The summed E-state index contributed by atoms with van der Waals surface area (Å²) in [6.07, 6.45) is 5.78. The lowest BCUT2D eigenvalue weighted by Crippen LogP contribution is -2.58. The Morgan fingerprint density at radius 1 is 1.15 bits per heavy atom. The Morgan fingerprint density at radius 2 is 1.75 bits per heavy atom. The number of carboxylic acids is 1. The topological polar surface area (TPSA) is 89.9 Å². The van der Waals surface area contributed by atoms with Crippen LogP contribution in [0.15, 0.2) is 0 Å². The van der Waals surface area contributed by atoms with Crippen molar-refractivity contribution in [2.24, 2.45) is 0 Å². The predicted molar refractivity (Wildman–Crippen MR) is 73.4 cm³/mol. The first kappa shape index (κ1) is 15.1. The van der Waals surface area contributed by atoms with Crippen LogP contribution in [-0.4, -0.2) is 51.8 Å². The lowest BCUT2D eigenvalue weighted by molar-refractivity contribution is -0.139. The molecule has 20 heavy (non-hydrogen) atoms. The first-order chi connectivity index (χ1) is 9.34. The molecule has 2 aliphatic rings. The van der Waals surface area contributed by atoms with E-state index in [4.69, 9.17) is 5.11 Å². The number of carboxylic acid groups (broad SMARTS) is 1. The molecule has 0 aromatic heterocycles. The molecule has 0 unspecified atom stereocenters. The molecule has 0 aliphatic heterocycles. The summed E-state index contributed by atoms with van der Waals surface area (Å²) in [4.78, 5) is 24.5. The molecule has 0 saturated heterocycles. The Morgan fingerprint density at radius 3 is 2.20 bits per heavy atom. The number of hydrogen-bond donors (Lipinski definition) is 3. The fourth-order valence-corrected chi connectivity index (χ4v) is 3.27. The van der Waals surface area contributed by atoms with Crippen molar-refractivity contribution in [1.82, 2.24) is 10.2 Å². The number of urea groups is 1. The molecular weight excluding hydrogens is 260 g/mol. The number of likely N-dealkylation sites (N-methyl/N-ethyl adjacent to an activating group) is 1. The summed E-state index contributed by atoms with van der Waals surface area (Å²) in [5, 5.41) is 22.1. The van der Waals surface area contributed by atoms with Gasteiger partial charge in [0.25, 0.3) is 0 Å². The molecule has 2 amide bonds. The van der Waals surface area contributed by atoms with Crippen LogP contribution >= 0.6 is 0 Å². The van der Waals surface area contributed by atoms with Crippen molar-refractivity contribution in [2.75, 3.05) is 13.6 Å². The number of carbonyl (C=O) groups is 2. The number of carbonyl (C=O) groups excluding carboxylic acids is 1. The van der Waals surface area contributed by atoms with E-state index in [1.54, 1.807) is 7.05 Å². The quantitative estimate of drug-likeness (QED) is 0.710. The second kappa shape index (κ2) is 5.60. The summed E-state index contributed by atoms with van der Waals surface area (Å²) in [6.45, 7) is 0.308. The molecule has 0 spiro atoms. The van der Waals surface area contributed by atoms with Gasteiger partial charge in [-0.2, -0.15) is 0 Å². The molecule has 6 heteroatoms. The zero-order chi connectivity index (χ0) is 14.8. The Kier molecular flexibility index (Phi) is 4.22. The number of aliphatic hydroxyl groups is 1. The number of aliphatic carboxylic acids is 1. The van der Waals surface area contributed by atoms with Gasteiger partial charge in [0.15, 0.2) is 0 Å². The van der Waals surface area contributed by atoms with Gasteiger partial charge in [-0.25, -0.2) is 4.79 Å². The molecule has 0 bridgehead atoms. The average Bonchev–Trinajstić information content (AvgIpc) is 2.72. The van der Waals surface area contributed by atoms with Crippen molar-refractivity contribution >= 4 is 12.0 Å². The fraction of sp³-hybridized carbons (Fsp3) is 0.857. The molecule has 6 nitrogen and oxygen atoms in total. The summed E-state index contributed by atoms with van der Waals surface area (Å²) in [6, 6.07) is -0.286. The first-order valence-corrected chi connectivity index (χ1v) is 7.32. The number of nitrogens with one attached hydrogen (secondary N) is 1. The standard InChI is InChI=1S/C14H24N2O4/c1-16(10-14(20)7-2-3-8-14)12(19)15-13(5-4-6-13)9-11(17)18/h20H,2-10H2,1H3,(H,15,19)(H,17,18). The van der Waals surface area contributed by atoms with Crippen molar-refractivity contribution in [1.29, 1.82) is 0 Å². The summed E-state index contributed by atoms with van der Waals surface area (Å²) >= 11 is 0. The van der Waals surface area contributed by atoms with E-state index in [1.807, 2.05) is 0 Å². The van der Waals surface area contributed by atoms with Gasteiger partial charge < -0.3 is 20.4 Å². The van der Waals surface area contributed by atoms with Gasteiger partial charge in [-0.1, -0.05) is 12.8 Å². The predicted octanol–water partition coefficient (Wildman–Crippen LogP) is 1.33. The summed E-state index contributed by atoms with van der Waals surface area (Å²) in [5.41, 5.74) is -1.36. The van der Waals surface area contributed by atoms with Gasteiger partial charge in [0.05, 0.1) is 24.1 Å². The average molecular weight is 284 g/mol. The van der Waals surface area contributed by atoms with Crippen LogP contribution in [-0.2, 0) is 4.79 Å². The number of amides is 2. The van der Waals surface area contributed by atoms with Crippen LogP contribution in [0, 0.1) is 0 Å². The normalized spacial score (nSPS) is 22.9. The third-order valence-electron chi connectivity index (χ3n) is 4.58. The SMILES string of the molecule is CN(CC1(O)CCCC1)C(=O)NC1(CC(=O)O)CCC1. The van der Waals surface area contributed by atoms with Crippen molar-refractivity contribution in [3.05, 3.63) is 0 Å². The molecule has 0 aromatic rings. The van der Waals surface area contributed by atoms with Gasteiger partial charge in [-0.15, -0.1) is 0 Å². The van der Waals surface area contributed by atoms with E-state index < -0.39 is 17.1 Å². The van der Waals surface area contributed by atoms with Crippen molar-refractivity contribution in [3.8, 4) is 0 Å².